The summed E-state index contributed by atoms with van der Waals surface area (Å²) in [4.78, 5) is 11.8. The average Bonchev–Trinajstić information content (AvgIpc) is 2.45. The molecule has 2 N–H and O–H groups in total. The van der Waals surface area contributed by atoms with Gasteiger partial charge in [-0.05, 0) is 13.3 Å². The summed E-state index contributed by atoms with van der Waals surface area (Å²) in [7, 11) is 1.80. The molecule has 0 bridgehead atoms. The van der Waals surface area contributed by atoms with Gasteiger partial charge in [0, 0.05) is 25.9 Å². The number of aromatic nitrogens is 2. The van der Waals surface area contributed by atoms with Crippen molar-refractivity contribution in [3.8, 4) is 0 Å². The Hall–Kier alpha value is -0.870. The number of nitrogens with zero attached hydrogens (tertiary/aromatic N) is 2. The zero-order valence-electron chi connectivity index (χ0n) is 10.7. The molecule has 0 amide bonds. The quantitative estimate of drug-likeness (QED) is 0.848. The molecular formula is C12H20ClN3O. The minimum Gasteiger partial charge on any atom is -0.327 e. The number of rotatable bonds is 6. The summed E-state index contributed by atoms with van der Waals surface area (Å²) >= 11 is 6.09. The molecule has 1 unspecified atom stereocenters. The summed E-state index contributed by atoms with van der Waals surface area (Å²) in [5.74, 6) is 0.121. The normalized spacial score (nSPS) is 12.8. The van der Waals surface area contributed by atoms with Crippen molar-refractivity contribution in [1.29, 1.82) is 0 Å². The lowest BCUT2D eigenvalue weighted by molar-refractivity contribution is -0.118. The van der Waals surface area contributed by atoms with E-state index in [1.54, 1.807) is 11.7 Å². The van der Waals surface area contributed by atoms with Crippen LogP contribution in [0.25, 0.3) is 0 Å². The minimum absolute atomic E-state index is 0.0411. The van der Waals surface area contributed by atoms with E-state index in [2.05, 4.69) is 12.0 Å². The van der Waals surface area contributed by atoms with Gasteiger partial charge in [0.2, 0.25) is 0 Å². The fourth-order valence-electron chi connectivity index (χ4n) is 1.90. The van der Waals surface area contributed by atoms with Crippen molar-refractivity contribution in [3.63, 3.8) is 0 Å². The Morgan fingerprint density at radius 2 is 2.24 bits per heavy atom. The lowest BCUT2D eigenvalue weighted by Gasteiger charge is -2.09. The highest BCUT2D eigenvalue weighted by Gasteiger charge is 2.16. The van der Waals surface area contributed by atoms with Crippen molar-refractivity contribution in [2.45, 2.75) is 45.6 Å². The molecule has 0 aliphatic carbocycles. The summed E-state index contributed by atoms with van der Waals surface area (Å²) in [5.41, 5.74) is 7.38. The van der Waals surface area contributed by atoms with Crippen LogP contribution in [0.2, 0.25) is 5.02 Å². The molecule has 5 heteroatoms. The third kappa shape index (κ3) is 3.82. The van der Waals surface area contributed by atoms with Gasteiger partial charge in [0.1, 0.15) is 5.78 Å². The second-order valence-corrected chi connectivity index (χ2v) is 4.82. The van der Waals surface area contributed by atoms with E-state index in [1.807, 2.05) is 6.92 Å². The van der Waals surface area contributed by atoms with Gasteiger partial charge in [0.05, 0.1) is 16.4 Å². The van der Waals surface area contributed by atoms with E-state index in [-0.39, 0.29) is 11.8 Å². The molecule has 1 heterocycles. The number of aryl methyl sites for hydroxylation is 2. The lowest BCUT2D eigenvalue weighted by Crippen LogP contribution is -2.24. The van der Waals surface area contributed by atoms with Crippen LogP contribution in [0.15, 0.2) is 0 Å². The van der Waals surface area contributed by atoms with E-state index in [0.29, 0.717) is 17.9 Å². The molecule has 0 fully saturated rings. The first-order valence-corrected chi connectivity index (χ1v) is 6.28. The first-order valence-electron chi connectivity index (χ1n) is 5.91. The number of ketones is 1. The highest BCUT2D eigenvalue weighted by molar-refractivity contribution is 6.32. The van der Waals surface area contributed by atoms with Crippen molar-refractivity contribution in [3.05, 3.63) is 16.4 Å². The molecule has 0 aromatic carbocycles. The fraction of sp³-hybridized carbons (Fsp3) is 0.667. The Bertz CT molecular complexity index is 401. The number of carbonyl (C=O) groups excluding carboxylic acids is 1. The Morgan fingerprint density at radius 1 is 1.59 bits per heavy atom. The van der Waals surface area contributed by atoms with E-state index in [4.69, 9.17) is 17.3 Å². The van der Waals surface area contributed by atoms with Crippen molar-refractivity contribution in [2.75, 3.05) is 0 Å². The van der Waals surface area contributed by atoms with Gasteiger partial charge in [0.15, 0.2) is 0 Å². The van der Waals surface area contributed by atoms with Crippen molar-refractivity contribution >= 4 is 17.4 Å². The van der Waals surface area contributed by atoms with Crippen LogP contribution in [0.1, 0.15) is 37.6 Å². The van der Waals surface area contributed by atoms with E-state index in [9.17, 15) is 4.79 Å². The Morgan fingerprint density at radius 3 is 2.71 bits per heavy atom. The summed E-state index contributed by atoms with van der Waals surface area (Å²) in [6.07, 6.45) is 2.60. The summed E-state index contributed by atoms with van der Waals surface area (Å²) in [6, 6.07) is -0.0411. The number of carbonyl (C=O) groups is 1. The predicted molar refractivity (Wildman–Crippen MR) is 69.2 cm³/mol. The van der Waals surface area contributed by atoms with Crippen LogP contribution in [0.4, 0.5) is 0 Å². The highest BCUT2D eigenvalue weighted by atomic mass is 35.5. The standard InChI is InChI=1S/C12H20ClN3O/c1-4-5-9(14)6-10(17)7-11-12(13)8(2)15-16(11)3/h9H,4-7,14H2,1-3H3. The maximum absolute atomic E-state index is 11.8. The molecule has 0 saturated heterocycles. The van der Waals surface area contributed by atoms with Crippen LogP contribution < -0.4 is 5.73 Å². The molecule has 0 saturated carbocycles. The van der Waals surface area contributed by atoms with E-state index in [1.165, 1.54) is 0 Å². The Balaban J connectivity index is 2.62. The molecule has 1 aromatic rings. The number of Topliss-reactive ketones (excluding diaryl/α,β-unsaturated/α-hetero) is 1. The Labute approximate surface area is 107 Å². The first kappa shape index (κ1) is 14.2. The number of hydrogen-bond donors (Lipinski definition) is 1. The SMILES string of the molecule is CCCC(N)CC(=O)Cc1c(Cl)c(C)nn1C. The number of nitrogens with two attached hydrogens (primary N) is 1. The van der Waals surface area contributed by atoms with Crippen LogP contribution >= 0.6 is 11.6 Å². The lowest BCUT2D eigenvalue weighted by atomic mass is 10.0. The predicted octanol–water partition coefficient (Wildman–Crippen LogP) is 2.01. The molecule has 0 aliphatic heterocycles. The van der Waals surface area contributed by atoms with Gasteiger partial charge in [-0.25, -0.2) is 0 Å². The molecular weight excluding hydrogens is 238 g/mol. The molecule has 0 radical (unpaired) electrons. The summed E-state index contributed by atoms with van der Waals surface area (Å²) < 4.78 is 1.67. The summed E-state index contributed by atoms with van der Waals surface area (Å²) in [5, 5.41) is 4.77. The topological polar surface area (TPSA) is 60.9 Å². The third-order valence-electron chi connectivity index (χ3n) is 2.78. The largest absolute Gasteiger partial charge is 0.327 e. The van der Waals surface area contributed by atoms with Crippen LogP contribution in [0.5, 0.6) is 0 Å². The van der Waals surface area contributed by atoms with Gasteiger partial charge in [-0.3, -0.25) is 9.48 Å². The molecule has 1 atom stereocenters. The summed E-state index contributed by atoms with van der Waals surface area (Å²) in [6.45, 7) is 3.89. The van der Waals surface area contributed by atoms with E-state index in [0.717, 1.165) is 24.2 Å². The minimum atomic E-state index is -0.0411. The van der Waals surface area contributed by atoms with Crippen LogP contribution in [-0.4, -0.2) is 21.6 Å². The van der Waals surface area contributed by atoms with Gasteiger partial charge in [-0.15, -0.1) is 0 Å². The molecule has 4 nitrogen and oxygen atoms in total. The average molecular weight is 258 g/mol. The van der Waals surface area contributed by atoms with Crippen LogP contribution in [0.3, 0.4) is 0 Å². The van der Waals surface area contributed by atoms with E-state index >= 15 is 0 Å². The number of halogens is 1. The molecule has 0 spiro atoms. The van der Waals surface area contributed by atoms with Crippen LogP contribution in [-0.2, 0) is 18.3 Å². The molecule has 96 valence electrons. The molecule has 0 aliphatic rings. The van der Waals surface area contributed by atoms with Crippen molar-refractivity contribution in [2.24, 2.45) is 12.8 Å². The second kappa shape index (κ2) is 6.17. The molecule has 1 rings (SSSR count). The van der Waals surface area contributed by atoms with Crippen LogP contribution in [0, 0.1) is 6.92 Å². The van der Waals surface area contributed by atoms with E-state index < -0.39 is 0 Å². The highest BCUT2D eigenvalue weighted by Crippen LogP contribution is 2.20. The van der Waals surface area contributed by atoms with Gasteiger partial charge < -0.3 is 5.73 Å². The first-order chi connectivity index (χ1) is 7.95. The smallest absolute Gasteiger partial charge is 0.140 e. The fourth-order valence-corrected chi connectivity index (χ4v) is 2.12. The maximum atomic E-state index is 11.8. The maximum Gasteiger partial charge on any atom is 0.140 e. The monoisotopic (exact) mass is 257 g/mol. The molecule has 1 aromatic heterocycles. The van der Waals surface area contributed by atoms with Crippen molar-refractivity contribution < 1.29 is 4.79 Å². The second-order valence-electron chi connectivity index (χ2n) is 4.44. The number of hydrogen-bond acceptors (Lipinski definition) is 3. The zero-order chi connectivity index (χ0) is 13.0. The van der Waals surface area contributed by atoms with Crippen molar-refractivity contribution in [1.82, 2.24) is 9.78 Å². The zero-order valence-corrected chi connectivity index (χ0v) is 11.4. The van der Waals surface area contributed by atoms with Gasteiger partial charge in [-0.1, -0.05) is 24.9 Å². The van der Waals surface area contributed by atoms with Gasteiger partial charge >= 0.3 is 0 Å². The van der Waals surface area contributed by atoms with Gasteiger partial charge in [-0.2, -0.15) is 5.10 Å². The third-order valence-corrected chi connectivity index (χ3v) is 3.27. The Kier molecular flexibility index (Phi) is 5.15. The molecule has 17 heavy (non-hydrogen) atoms. The van der Waals surface area contributed by atoms with Gasteiger partial charge in [0.25, 0.3) is 0 Å².